The fourth-order valence-corrected chi connectivity index (χ4v) is 4.64. The van der Waals surface area contributed by atoms with Gasteiger partial charge in [0.2, 0.25) is 10.0 Å². The first-order valence-corrected chi connectivity index (χ1v) is 8.55. The lowest BCUT2D eigenvalue weighted by Gasteiger charge is -2.30. The van der Waals surface area contributed by atoms with Gasteiger partial charge in [-0.05, 0) is 31.0 Å². The van der Waals surface area contributed by atoms with Crippen molar-refractivity contribution in [1.29, 1.82) is 0 Å². The van der Waals surface area contributed by atoms with Gasteiger partial charge in [-0.25, -0.2) is 8.42 Å². The van der Waals surface area contributed by atoms with Crippen molar-refractivity contribution in [2.75, 3.05) is 7.05 Å². The van der Waals surface area contributed by atoms with Crippen molar-refractivity contribution in [3.8, 4) is 0 Å². The van der Waals surface area contributed by atoms with E-state index in [2.05, 4.69) is 0 Å². The van der Waals surface area contributed by atoms with Crippen LogP contribution in [0.4, 0.5) is 0 Å². The monoisotopic (exact) mass is 321 g/mol. The van der Waals surface area contributed by atoms with Crippen molar-refractivity contribution in [3.05, 3.63) is 28.2 Å². The number of nitrogens with zero attached hydrogens (tertiary/aromatic N) is 1. The van der Waals surface area contributed by atoms with Crippen molar-refractivity contribution in [1.82, 2.24) is 4.31 Å². The van der Waals surface area contributed by atoms with Gasteiger partial charge in [-0.1, -0.05) is 42.5 Å². The highest BCUT2D eigenvalue weighted by Crippen LogP contribution is 2.31. The Morgan fingerprint density at radius 2 is 1.79 bits per heavy atom. The Balaban J connectivity index is 2.30. The summed E-state index contributed by atoms with van der Waals surface area (Å²) in [6, 6.07) is 4.56. The van der Waals surface area contributed by atoms with Gasteiger partial charge in [0.05, 0.1) is 5.02 Å². The Morgan fingerprint density at radius 1 is 1.16 bits per heavy atom. The van der Waals surface area contributed by atoms with Gasteiger partial charge in [-0.2, -0.15) is 4.31 Å². The molecule has 0 spiro atoms. The minimum Gasteiger partial charge on any atom is -0.207 e. The van der Waals surface area contributed by atoms with E-state index >= 15 is 0 Å². The number of benzene rings is 1. The molecule has 2 rings (SSSR count). The number of halogens is 2. The van der Waals surface area contributed by atoms with Crippen molar-refractivity contribution in [2.24, 2.45) is 0 Å². The standard InChI is InChI=1S/C13H17Cl2NO2S/c1-16(11-5-3-2-4-6-11)19(17,18)13-8-7-10(14)9-12(13)15/h7-9,11H,2-6H2,1H3. The lowest BCUT2D eigenvalue weighted by Crippen LogP contribution is -2.38. The molecule has 0 heterocycles. The topological polar surface area (TPSA) is 37.4 Å². The second kappa shape index (κ2) is 6.00. The highest BCUT2D eigenvalue weighted by Gasteiger charge is 2.30. The van der Waals surface area contributed by atoms with Gasteiger partial charge >= 0.3 is 0 Å². The van der Waals surface area contributed by atoms with E-state index in [4.69, 9.17) is 23.2 Å². The van der Waals surface area contributed by atoms with Gasteiger partial charge in [0, 0.05) is 18.1 Å². The highest BCUT2D eigenvalue weighted by molar-refractivity contribution is 7.89. The second-order valence-electron chi connectivity index (χ2n) is 4.89. The molecule has 0 bridgehead atoms. The molecule has 1 aliphatic rings. The average molecular weight is 322 g/mol. The molecular formula is C13H17Cl2NO2S. The molecule has 106 valence electrons. The van der Waals surface area contributed by atoms with Crippen molar-refractivity contribution >= 4 is 33.2 Å². The first-order chi connectivity index (χ1) is 8.93. The molecular weight excluding hydrogens is 305 g/mol. The Hall–Kier alpha value is -0.290. The molecule has 0 aromatic heterocycles. The molecule has 1 aromatic carbocycles. The van der Waals surface area contributed by atoms with Crippen molar-refractivity contribution in [3.63, 3.8) is 0 Å². The highest BCUT2D eigenvalue weighted by atomic mass is 35.5. The lowest BCUT2D eigenvalue weighted by molar-refractivity contribution is 0.286. The van der Waals surface area contributed by atoms with Crippen LogP contribution in [-0.4, -0.2) is 25.8 Å². The van der Waals surface area contributed by atoms with E-state index in [1.54, 1.807) is 13.1 Å². The summed E-state index contributed by atoms with van der Waals surface area (Å²) in [5.41, 5.74) is 0. The molecule has 0 radical (unpaired) electrons. The fourth-order valence-electron chi connectivity index (χ4n) is 2.48. The molecule has 1 fully saturated rings. The number of rotatable bonds is 3. The molecule has 6 heteroatoms. The van der Waals surface area contributed by atoms with Crippen LogP contribution in [0.5, 0.6) is 0 Å². The van der Waals surface area contributed by atoms with Gasteiger partial charge in [-0.15, -0.1) is 0 Å². The Bertz CT molecular complexity index is 554. The lowest BCUT2D eigenvalue weighted by atomic mass is 9.96. The zero-order chi connectivity index (χ0) is 14.0. The third kappa shape index (κ3) is 3.24. The van der Waals surface area contributed by atoms with E-state index in [0.717, 1.165) is 25.7 Å². The molecule has 0 N–H and O–H groups in total. The maximum Gasteiger partial charge on any atom is 0.244 e. The molecule has 0 saturated heterocycles. The van der Waals surface area contributed by atoms with Crippen LogP contribution in [0.2, 0.25) is 10.0 Å². The minimum atomic E-state index is -3.54. The maximum absolute atomic E-state index is 12.6. The third-order valence-electron chi connectivity index (χ3n) is 3.64. The summed E-state index contributed by atoms with van der Waals surface area (Å²) in [4.78, 5) is 0.131. The molecule has 19 heavy (non-hydrogen) atoms. The zero-order valence-electron chi connectivity index (χ0n) is 10.8. The van der Waals surface area contributed by atoms with Gasteiger partial charge in [0.15, 0.2) is 0 Å². The summed E-state index contributed by atoms with van der Waals surface area (Å²) in [6.45, 7) is 0. The summed E-state index contributed by atoms with van der Waals surface area (Å²) in [5.74, 6) is 0. The van der Waals surface area contributed by atoms with Gasteiger partial charge in [-0.3, -0.25) is 0 Å². The van der Waals surface area contributed by atoms with E-state index in [0.29, 0.717) is 5.02 Å². The minimum absolute atomic E-state index is 0.0745. The SMILES string of the molecule is CN(C1CCCCC1)S(=O)(=O)c1ccc(Cl)cc1Cl. The fraction of sp³-hybridized carbons (Fsp3) is 0.538. The molecule has 3 nitrogen and oxygen atoms in total. The van der Waals surface area contributed by atoms with Gasteiger partial charge < -0.3 is 0 Å². The van der Waals surface area contributed by atoms with Crippen molar-refractivity contribution < 1.29 is 8.42 Å². The van der Waals surface area contributed by atoms with Crippen LogP contribution in [0.3, 0.4) is 0 Å². The summed E-state index contributed by atoms with van der Waals surface area (Å²) >= 11 is 11.8. The average Bonchev–Trinajstić information content (AvgIpc) is 2.38. The van der Waals surface area contributed by atoms with Crippen LogP contribution in [-0.2, 0) is 10.0 Å². The Morgan fingerprint density at radius 3 is 2.37 bits per heavy atom. The largest absolute Gasteiger partial charge is 0.244 e. The van der Waals surface area contributed by atoms with E-state index in [1.807, 2.05) is 0 Å². The second-order valence-corrected chi connectivity index (χ2v) is 7.70. The zero-order valence-corrected chi connectivity index (χ0v) is 13.1. The van der Waals surface area contributed by atoms with Crippen LogP contribution in [0.15, 0.2) is 23.1 Å². The molecule has 0 amide bonds. The van der Waals surface area contributed by atoms with Gasteiger partial charge in [0.25, 0.3) is 0 Å². The van der Waals surface area contributed by atoms with Gasteiger partial charge in [0.1, 0.15) is 4.90 Å². The third-order valence-corrected chi connectivity index (χ3v) is 6.27. The van der Waals surface area contributed by atoms with E-state index in [-0.39, 0.29) is 16.0 Å². The molecule has 0 atom stereocenters. The number of sulfonamides is 1. The van der Waals surface area contributed by atoms with Crippen LogP contribution in [0, 0.1) is 0 Å². The Kier molecular flexibility index (Phi) is 4.77. The molecule has 1 saturated carbocycles. The van der Waals surface area contributed by atoms with Crippen LogP contribution >= 0.6 is 23.2 Å². The van der Waals surface area contributed by atoms with E-state index in [9.17, 15) is 8.42 Å². The van der Waals surface area contributed by atoms with Crippen LogP contribution in [0.1, 0.15) is 32.1 Å². The first kappa shape index (κ1) is 15.1. The predicted octanol–water partition coefficient (Wildman–Crippen LogP) is 3.95. The summed E-state index contributed by atoms with van der Waals surface area (Å²) in [7, 11) is -1.91. The molecule has 1 aliphatic carbocycles. The molecule has 1 aromatic rings. The molecule has 0 unspecified atom stereocenters. The van der Waals surface area contributed by atoms with E-state index < -0.39 is 10.0 Å². The number of hydrogen-bond acceptors (Lipinski definition) is 2. The normalized spacial score (nSPS) is 17.9. The maximum atomic E-state index is 12.6. The number of hydrogen-bond donors (Lipinski definition) is 0. The summed E-state index contributed by atoms with van der Waals surface area (Å²) in [6.07, 6.45) is 5.19. The molecule has 0 aliphatic heterocycles. The smallest absolute Gasteiger partial charge is 0.207 e. The first-order valence-electron chi connectivity index (χ1n) is 6.36. The summed E-state index contributed by atoms with van der Waals surface area (Å²) < 4.78 is 26.6. The van der Waals surface area contributed by atoms with E-state index in [1.165, 1.54) is 22.9 Å². The predicted molar refractivity (Wildman–Crippen MR) is 78.3 cm³/mol. The Labute approximate surface area is 124 Å². The van der Waals surface area contributed by atoms with Crippen molar-refractivity contribution in [2.45, 2.75) is 43.0 Å². The van der Waals surface area contributed by atoms with Crippen LogP contribution < -0.4 is 0 Å². The van der Waals surface area contributed by atoms with Crippen LogP contribution in [0.25, 0.3) is 0 Å². The quantitative estimate of drug-likeness (QED) is 0.845. The summed E-state index contributed by atoms with van der Waals surface area (Å²) in [5, 5.41) is 0.611.